The van der Waals surface area contributed by atoms with Gasteiger partial charge in [-0.2, -0.15) is 0 Å². The molecule has 1 aliphatic rings. The van der Waals surface area contributed by atoms with E-state index in [2.05, 4.69) is 5.32 Å². The fraction of sp³-hybridized carbons (Fsp3) is 0.875. The Morgan fingerprint density at radius 1 is 1.67 bits per heavy atom. The van der Waals surface area contributed by atoms with Gasteiger partial charge in [-0.25, -0.2) is 0 Å². The van der Waals surface area contributed by atoms with Crippen molar-refractivity contribution in [2.45, 2.75) is 24.9 Å². The number of nitrogens with two attached hydrogens (primary N) is 1. The van der Waals surface area contributed by atoms with Crippen LogP contribution in [-0.4, -0.2) is 43.5 Å². The van der Waals surface area contributed by atoms with Gasteiger partial charge in [0.05, 0.1) is 6.04 Å². The molecule has 0 heterocycles. The van der Waals surface area contributed by atoms with Crippen molar-refractivity contribution in [2.24, 2.45) is 5.73 Å². The van der Waals surface area contributed by atoms with Gasteiger partial charge in [-0.1, -0.05) is 0 Å². The van der Waals surface area contributed by atoms with Crippen LogP contribution in [0.15, 0.2) is 0 Å². The molecule has 0 radical (unpaired) electrons. The van der Waals surface area contributed by atoms with Crippen LogP contribution < -0.4 is 11.1 Å². The fourth-order valence-corrected chi connectivity index (χ4v) is 1.12. The standard InChI is InChI=1S/C8H17N3O/c1-11(2)5-7(8(9)12)10-6-3-4-6/h6-7,10H,3-5H2,1-2H3,(H2,9,12). The van der Waals surface area contributed by atoms with Crippen LogP contribution in [0.2, 0.25) is 0 Å². The van der Waals surface area contributed by atoms with Gasteiger partial charge in [0.15, 0.2) is 0 Å². The molecule has 1 saturated carbocycles. The zero-order valence-corrected chi connectivity index (χ0v) is 7.71. The van der Waals surface area contributed by atoms with Crippen LogP contribution in [0, 0.1) is 0 Å². The maximum atomic E-state index is 10.9. The molecule has 1 fully saturated rings. The Kier molecular flexibility index (Phi) is 3.05. The Bertz CT molecular complexity index is 162. The number of rotatable bonds is 5. The summed E-state index contributed by atoms with van der Waals surface area (Å²) in [5, 5.41) is 3.21. The van der Waals surface area contributed by atoms with Gasteiger partial charge in [-0.05, 0) is 26.9 Å². The third kappa shape index (κ3) is 3.19. The molecule has 0 aromatic heterocycles. The number of carbonyl (C=O) groups is 1. The quantitative estimate of drug-likeness (QED) is 0.566. The van der Waals surface area contributed by atoms with Gasteiger partial charge in [0.1, 0.15) is 0 Å². The van der Waals surface area contributed by atoms with Crippen molar-refractivity contribution < 1.29 is 4.79 Å². The Balaban J connectivity index is 2.31. The Morgan fingerprint density at radius 3 is 2.58 bits per heavy atom. The van der Waals surface area contributed by atoms with E-state index in [0.29, 0.717) is 12.6 Å². The molecule has 0 aromatic rings. The second-order valence-corrected chi connectivity index (χ2v) is 3.66. The fourth-order valence-electron chi connectivity index (χ4n) is 1.12. The summed E-state index contributed by atoms with van der Waals surface area (Å²) in [6.45, 7) is 0.686. The van der Waals surface area contributed by atoms with Gasteiger partial charge in [-0.3, -0.25) is 4.79 Å². The first-order valence-electron chi connectivity index (χ1n) is 4.29. The first kappa shape index (κ1) is 9.48. The van der Waals surface area contributed by atoms with Gasteiger partial charge in [0.2, 0.25) is 5.91 Å². The number of hydrogen-bond acceptors (Lipinski definition) is 3. The summed E-state index contributed by atoms with van der Waals surface area (Å²) in [4.78, 5) is 12.9. The van der Waals surface area contributed by atoms with Crippen LogP contribution in [0.1, 0.15) is 12.8 Å². The maximum absolute atomic E-state index is 10.9. The summed E-state index contributed by atoms with van der Waals surface area (Å²) < 4.78 is 0. The van der Waals surface area contributed by atoms with Crippen molar-refractivity contribution >= 4 is 5.91 Å². The Hall–Kier alpha value is -0.610. The molecule has 0 spiro atoms. The van der Waals surface area contributed by atoms with Crippen LogP contribution in [0.4, 0.5) is 0 Å². The van der Waals surface area contributed by atoms with E-state index in [1.54, 1.807) is 0 Å². The highest BCUT2D eigenvalue weighted by atomic mass is 16.1. The van der Waals surface area contributed by atoms with E-state index >= 15 is 0 Å². The zero-order valence-electron chi connectivity index (χ0n) is 7.71. The van der Waals surface area contributed by atoms with Crippen LogP contribution >= 0.6 is 0 Å². The average Bonchev–Trinajstić information content (AvgIpc) is 2.68. The Labute approximate surface area is 73.1 Å². The zero-order chi connectivity index (χ0) is 9.14. The van der Waals surface area contributed by atoms with Crippen molar-refractivity contribution in [2.75, 3.05) is 20.6 Å². The third-order valence-electron chi connectivity index (χ3n) is 1.91. The second kappa shape index (κ2) is 3.87. The number of carbonyl (C=O) groups excluding carboxylic acids is 1. The van der Waals surface area contributed by atoms with E-state index in [1.165, 1.54) is 12.8 Å². The summed E-state index contributed by atoms with van der Waals surface area (Å²) in [6, 6.07) is 0.343. The van der Waals surface area contributed by atoms with Crippen LogP contribution in [-0.2, 0) is 4.79 Å². The molecule has 1 atom stereocenters. The van der Waals surface area contributed by atoms with Crippen molar-refractivity contribution in [3.63, 3.8) is 0 Å². The molecule has 1 unspecified atom stereocenters. The predicted molar refractivity (Wildman–Crippen MR) is 47.7 cm³/mol. The summed E-state index contributed by atoms with van der Waals surface area (Å²) in [6.07, 6.45) is 2.36. The molecule has 1 amide bonds. The molecule has 70 valence electrons. The highest BCUT2D eigenvalue weighted by Gasteiger charge is 2.27. The second-order valence-electron chi connectivity index (χ2n) is 3.66. The minimum Gasteiger partial charge on any atom is -0.368 e. The van der Waals surface area contributed by atoms with Gasteiger partial charge >= 0.3 is 0 Å². The lowest BCUT2D eigenvalue weighted by atomic mass is 10.2. The summed E-state index contributed by atoms with van der Waals surface area (Å²) >= 11 is 0. The molecule has 12 heavy (non-hydrogen) atoms. The van der Waals surface area contributed by atoms with Crippen LogP contribution in [0.25, 0.3) is 0 Å². The lowest BCUT2D eigenvalue weighted by Gasteiger charge is -2.18. The molecule has 0 aromatic carbocycles. The van der Waals surface area contributed by atoms with E-state index < -0.39 is 0 Å². The highest BCUT2D eigenvalue weighted by molar-refractivity contribution is 5.80. The molecular weight excluding hydrogens is 154 g/mol. The molecule has 3 N–H and O–H groups in total. The van der Waals surface area contributed by atoms with E-state index in [-0.39, 0.29) is 11.9 Å². The molecule has 0 saturated heterocycles. The van der Waals surface area contributed by atoms with Crippen molar-refractivity contribution in [3.05, 3.63) is 0 Å². The number of primary amides is 1. The summed E-state index contributed by atoms with van der Waals surface area (Å²) in [7, 11) is 3.87. The first-order valence-corrected chi connectivity index (χ1v) is 4.29. The number of hydrogen-bond donors (Lipinski definition) is 2. The number of nitrogens with one attached hydrogen (secondary N) is 1. The molecule has 0 aliphatic heterocycles. The number of likely N-dealkylation sites (N-methyl/N-ethyl adjacent to an activating group) is 1. The third-order valence-corrected chi connectivity index (χ3v) is 1.91. The smallest absolute Gasteiger partial charge is 0.235 e. The van der Waals surface area contributed by atoms with Crippen LogP contribution in [0.3, 0.4) is 0 Å². The lowest BCUT2D eigenvalue weighted by molar-refractivity contribution is -0.120. The monoisotopic (exact) mass is 171 g/mol. The first-order chi connectivity index (χ1) is 5.59. The predicted octanol–water partition coefficient (Wildman–Crippen LogP) is -0.846. The molecule has 4 heteroatoms. The van der Waals surface area contributed by atoms with Crippen molar-refractivity contribution in [1.82, 2.24) is 10.2 Å². The number of amides is 1. The van der Waals surface area contributed by atoms with Crippen LogP contribution in [0.5, 0.6) is 0 Å². The molecule has 1 rings (SSSR count). The molecular formula is C8H17N3O. The topological polar surface area (TPSA) is 58.4 Å². The molecule has 0 bridgehead atoms. The van der Waals surface area contributed by atoms with Gasteiger partial charge < -0.3 is 16.0 Å². The highest BCUT2D eigenvalue weighted by Crippen LogP contribution is 2.19. The average molecular weight is 171 g/mol. The SMILES string of the molecule is CN(C)CC(NC1CC1)C(N)=O. The number of nitrogens with zero attached hydrogens (tertiary/aromatic N) is 1. The molecule has 1 aliphatic carbocycles. The lowest BCUT2D eigenvalue weighted by Crippen LogP contribution is -2.48. The van der Waals surface area contributed by atoms with E-state index in [1.807, 2.05) is 19.0 Å². The maximum Gasteiger partial charge on any atom is 0.235 e. The van der Waals surface area contributed by atoms with Gasteiger partial charge in [0, 0.05) is 12.6 Å². The van der Waals surface area contributed by atoms with Gasteiger partial charge in [-0.15, -0.1) is 0 Å². The Morgan fingerprint density at radius 2 is 2.25 bits per heavy atom. The normalized spacial score (nSPS) is 19.6. The minimum absolute atomic E-state index is 0.188. The van der Waals surface area contributed by atoms with E-state index in [4.69, 9.17) is 5.73 Å². The minimum atomic E-state index is -0.254. The molecule has 4 nitrogen and oxygen atoms in total. The summed E-state index contributed by atoms with van der Waals surface area (Å²) in [5.41, 5.74) is 5.23. The van der Waals surface area contributed by atoms with E-state index in [0.717, 1.165) is 0 Å². The van der Waals surface area contributed by atoms with Crippen molar-refractivity contribution in [1.29, 1.82) is 0 Å². The largest absolute Gasteiger partial charge is 0.368 e. The van der Waals surface area contributed by atoms with E-state index in [9.17, 15) is 4.79 Å². The summed E-state index contributed by atoms with van der Waals surface area (Å²) in [5.74, 6) is -0.254. The van der Waals surface area contributed by atoms with Gasteiger partial charge in [0.25, 0.3) is 0 Å². The van der Waals surface area contributed by atoms with Crippen molar-refractivity contribution in [3.8, 4) is 0 Å².